The second kappa shape index (κ2) is 5.19. The maximum Gasteiger partial charge on any atom is 0.278 e. The minimum Gasteiger partial charge on any atom is -0.258 e. The number of aryl methyl sites for hydroxylation is 1. The van der Waals surface area contributed by atoms with Gasteiger partial charge in [0.25, 0.3) is 5.69 Å². The van der Waals surface area contributed by atoms with E-state index < -0.39 is 4.92 Å². The van der Waals surface area contributed by atoms with E-state index in [4.69, 9.17) is 11.6 Å². The number of nitrogens with zero attached hydrogens (tertiary/aromatic N) is 1. The van der Waals surface area contributed by atoms with E-state index in [0.717, 1.165) is 12.0 Å². The van der Waals surface area contributed by atoms with Crippen LogP contribution in [0.4, 0.5) is 5.69 Å². The molecule has 2 aromatic carbocycles. The van der Waals surface area contributed by atoms with Gasteiger partial charge in [-0.2, -0.15) is 0 Å². The average Bonchev–Trinajstić information content (AvgIpc) is 2.39. The van der Waals surface area contributed by atoms with Crippen LogP contribution in [0.1, 0.15) is 12.5 Å². The van der Waals surface area contributed by atoms with Gasteiger partial charge in [0.2, 0.25) is 0 Å². The van der Waals surface area contributed by atoms with Crippen LogP contribution >= 0.6 is 11.6 Å². The summed E-state index contributed by atoms with van der Waals surface area (Å²) in [6.45, 7) is 2.07. The number of hydrogen-bond acceptors (Lipinski definition) is 2. The Bertz CT molecular complexity index is 579. The molecule has 0 radical (unpaired) electrons. The van der Waals surface area contributed by atoms with E-state index in [-0.39, 0.29) is 5.69 Å². The molecule has 0 N–H and O–H groups in total. The van der Waals surface area contributed by atoms with Crippen molar-refractivity contribution in [2.45, 2.75) is 13.3 Å². The molecule has 0 fully saturated rings. The second-order valence-corrected chi connectivity index (χ2v) is 4.41. The van der Waals surface area contributed by atoms with E-state index in [1.54, 1.807) is 12.1 Å². The zero-order valence-corrected chi connectivity index (χ0v) is 10.6. The first-order valence-corrected chi connectivity index (χ1v) is 6.03. The predicted molar refractivity (Wildman–Crippen MR) is 72.9 cm³/mol. The molecule has 0 aliphatic heterocycles. The van der Waals surface area contributed by atoms with Crippen LogP contribution in [-0.4, -0.2) is 4.92 Å². The second-order valence-electron chi connectivity index (χ2n) is 3.97. The molecule has 92 valence electrons. The molecular weight excluding hydrogens is 250 g/mol. The van der Waals surface area contributed by atoms with Crippen molar-refractivity contribution < 1.29 is 4.92 Å². The van der Waals surface area contributed by atoms with Crippen molar-refractivity contribution in [3.05, 3.63) is 63.2 Å². The fourth-order valence-corrected chi connectivity index (χ4v) is 1.99. The molecule has 0 bridgehead atoms. The van der Waals surface area contributed by atoms with Crippen LogP contribution < -0.4 is 0 Å². The third-order valence-corrected chi connectivity index (χ3v) is 3.06. The fourth-order valence-electron chi connectivity index (χ4n) is 1.82. The van der Waals surface area contributed by atoms with Crippen LogP contribution in [0.15, 0.2) is 42.5 Å². The van der Waals surface area contributed by atoms with Gasteiger partial charge in [0.1, 0.15) is 0 Å². The van der Waals surface area contributed by atoms with Crippen molar-refractivity contribution in [3.8, 4) is 11.1 Å². The van der Waals surface area contributed by atoms with Crippen molar-refractivity contribution in [3.63, 3.8) is 0 Å². The lowest BCUT2D eigenvalue weighted by Crippen LogP contribution is -1.92. The van der Waals surface area contributed by atoms with Gasteiger partial charge in [-0.05, 0) is 29.7 Å². The SMILES string of the molecule is CCc1ccc(-c2ccc(Cl)cc2[N+](=O)[O-])cc1. The Morgan fingerprint density at radius 2 is 1.83 bits per heavy atom. The minimum atomic E-state index is -0.408. The summed E-state index contributed by atoms with van der Waals surface area (Å²) in [5, 5.41) is 11.4. The van der Waals surface area contributed by atoms with Crippen molar-refractivity contribution in [1.82, 2.24) is 0 Å². The van der Waals surface area contributed by atoms with E-state index in [0.29, 0.717) is 10.6 Å². The predicted octanol–water partition coefficient (Wildman–Crippen LogP) is 4.48. The van der Waals surface area contributed by atoms with Crippen molar-refractivity contribution in [2.75, 3.05) is 0 Å². The highest BCUT2D eigenvalue weighted by Gasteiger charge is 2.15. The molecule has 0 atom stereocenters. The van der Waals surface area contributed by atoms with Gasteiger partial charge in [0, 0.05) is 11.1 Å². The van der Waals surface area contributed by atoms with Crippen molar-refractivity contribution in [1.29, 1.82) is 0 Å². The summed E-state index contributed by atoms with van der Waals surface area (Å²) in [6, 6.07) is 12.5. The Hall–Kier alpha value is -1.87. The molecule has 0 saturated heterocycles. The molecule has 3 nitrogen and oxygen atoms in total. The normalized spacial score (nSPS) is 10.3. The van der Waals surface area contributed by atoms with E-state index >= 15 is 0 Å². The summed E-state index contributed by atoms with van der Waals surface area (Å²) in [4.78, 5) is 10.6. The fraction of sp³-hybridized carbons (Fsp3) is 0.143. The Morgan fingerprint density at radius 1 is 1.17 bits per heavy atom. The molecule has 0 heterocycles. The summed E-state index contributed by atoms with van der Waals surface area (Å²) < 4.78 is 0. The molecule has 0 aromatic heterocycles. The lowest BCUT2D eigenvalue weighted by atomic mass is 10.0. The average molecular weight is 262 g/mol. The lowest BCUT2D eigenvalue weighted by Gasteiger charge is -2.05. The van der Waals surface area contributed by atoms with Gasteiger partial charge in [0.05, 0.1) is 10.5 Å². The van der Waals surface area contributed by atoms with Gasteiger partial charge in [-0.3, -0.25) is 10.1 Å². The monoisotopic (exact) mass is 261 g/mol. The standard InChI is InChI=1S/C14H12ClNO2/c1-2-10-3-5-11(6-4-10)13-8-7-12(15)9-14(13)16(17)18/h3-9H,2H2,1H3. The van der Waals surface area contributed by atoms with Gasteiger partial charge in [-0.15, -0.1) is 0 Å². The number of nitro groups is 1. The smallest absolute Gasteiger partial charge is 0.258 e. The number of nitro benzene ring substituents is 1. The Labute approximate surface area is 110 Å². The van der Waals surface area contributed by atoms with Crippen LogP contribution in [0.5, 0.6) is 0 Å². The first-order valence-electron chi connectivity index (χ1n) is 5.65. The van der Waals surface area contributed by atoms with Crippen molar-refractivity contribution >= 4 is 17.3 Å². The van der Waals surface area contributed by atoms with Crippen LogP contribution in [0.2, 0.25) is 5.02 Å². The Morgan fingerprint density at radius 3 is 2.39 bits per heavy atom. The van der Waals surface area contributed by atoms with Crippen molar-refractivity contribution in [2.24, 2.45) is 0 Å². The number of hydrogen-bond donors (Lipinski definition) is 0. The molecule has 0 amide bonds. The summed E-state index contributed by atoms with van der Waals surface area (Å²) >= 11 is 5.79. The van der Waals surface area contributed by atoms with E-state index in [9.17, 15) is 10.1 Å². The van der Waals surface area contributed by atoms with Gasteiger partial charge >= 0.3 is 0 Å². The largest absolute Gasteiger partial charge is 0.278 e. The highest BCUT2D eigenvalue weighted by molar-refractivity contribution is 6.30. The van der Waals surface area contributed by atoms with Gasteiger partial charge in [0.15, 0.2) is 0 Å². The molecule has 0 aliphatic carbocycles. The molecule has 2 rings (SSSR count). The quantitative estimate of drug-likeness (QED) is 0.604. The van der Waals surface area contributed by atoms with Gasteiger partial charge in [-0.1, -0.05) is 42.8 Å². The molecular formula is C14H12ClNO2. The maximum absolute atomic E-state index is 11.0. The highest BCUT2D eigenvalue weighted by Crippen LogP contribution is 2.32. The van der Waals surface area contributed by atoms with Crippen LogP contribution in [0, 0.1) is 10.1 Å². The third kappa shape index (κ3) is 2.51. The molecule has 0 aliphatic rings. The van der Waals surface area contributed by atoms with Gasteiger partial charge < -0.3 is 0 Å². The summed E-state index contributed by atoms with van der Waals surface area (Å²) in [5.41, 5.74) is 2.66. The van der Waals surface area contributed by atoms with Crippen LogP contribution in [0.25, 0.3) is 11.1 Å². The molecule has 0 saturated carbocycles. The molecule has 4 heteroatoms. The lowest BCUT2D eigenvalue weighted by molar-refractivity contribution is -0.384. The topological polar surface area (TPSA) is 43.1 Å². The third-order valence-electron chi connectivity index (χ3n) is 2.83. The molecule has 0 unspecified atom stereocenters. The minimum absolute atomic E-state index is 0.0340. The molecule has 2 aromatic rings. The van der Waals surface area contributed by atoms with E-state index in [1.807, 2.05) is 24.3 Å². The zero-order chi connectivity index (χ0) is 13.1. The molecule has 18 heavy (non-hydrogen) atoms. The molecule has 0 spiro atoms. The van der Waals surface area contributed by atoms with E-state index in [2.05, 4.69) is 6.92 Å². The van der Waals surface area contributed by atoms with Gasteiger partial charge in [-0.25, -0.2) is 0 Å². The Balaban J connectivity index is 2.52. The first-order chi connectivity index (χ1) is 8.61. The summed E-state index contributed by atoms with van der Waals surface area (Å²) in [5.74, 6) is 0. The first kappa shape index (κ1) is 12.6. The van der Waals surface area contributed by atoms with Crippen LogP contribution in [-0.2, 0) is 6.42 Å². The van der Waals surface area contributed by atoms with Crippen LogP contribution in [0.3, 0.4) is 0 Å². The van der Waals surface area contributed by atoms with E-state index in [1.165, 1.54) is 11.6 Å². The zero-order valence-electron chi connectivity index (χ0n) is 9.89. The Kier molecular flexibility index (Phi) is 3.63. The number of halogens is 1. The number of rotatable bonds is 3. The summed E-state index contributed by atoms with van der Waals surface area (Å²) in [6.07, 6.45) is 0.947. The maximum atomic E-state index is 11.0. The summed E-state index contributed by atoms with van der Waals surface area (Å²) in [7, 11) is 0. The number of benzene rings is 2. The highest BCUT2D eigenvalue weighted by atomic mass is 35.5.